The summed E-state index contributed by atoms with van der Waals surface area (Å²) in [4.78, 5) is 9.32. The fourth-order valence-corrected chi connectivity index (χ4v) is 4.09. The number of nitrogens with zero attached hydrogens (tertiary/aromatic N) is 2. The topological polar surface area (TPSA) is 25.8 Å². The van der Waals surface area contributed by atoms with Crippen LogP contribution in [-0.4, -0.2) is 9.97 Å². The highest BCUT2D eigenvalue weighted by atomic mass is 14.9. The van der Waals surface area contributed by atoms with Gasteiger partial charge >= 0.3 is 0 Å². The Kier molecular flexibility index (Phi) is 6.61. The largest absolute Gasteiger partial charge is 0.236 e. The van der Waals surface area contributed by atoms with E-state index in [1.54, 1.807) is 0 Å². The Balaban J connectivity index is 1.60. The second kappa shape index (κ2) is 9.12. The Morgan fingerprint density at radius 2 is 1.56 bits per heavy atom. The van der Waals surface area contributed by atoms with Crippen molar-refractivity contribution in [2.24, 2.45) is 5.92 Å². The Hall–Kier alpha value is -1.70. The lowest BCUT2D eigenvalue weighted by atomic mass is 9.78. The summed E-state index contributed by atoms with van der Waals surface area (Å²) in [7, 11) is 0. The summed E-state index contributed by atoms with van der Waals surface area (Å²) in [5.74, 6) is 2.47. The molecule has 1 heterocycles. The molecular weight excluding hydrogens is 304 g/mol. The van der Waals surface area contributed by atoms with Gasteiger partial charge in [-0.3, -0.25) is 0 Å². The van der Waals surface area contributed by atoms with Crippen molar-refractivity contribution < 1.29 is 0 Å². The van der Waals surface area contributed by atoms with Crippen molar-refractivity contribution in [1.29, 1.82) is 0 Å². The molecule has 2 heteroatoms. The number of aryl methyl sites for hydroxylation is 1. The van der Waals surface area contributed by atoms with Gasteiger partial charge in [0.05, 0.1) is 0 Å². The van der Waals surface area contributed by atoms with Crippen LogP contribution in [0.1, 0.15) is 82.3 Å². The zero-order valence-corrected chi connectivity index (χ0v) is 15.9. The van der Waals surface area contributed by atoms with Crippen LogP contribution in [0, 0.1) is 5.92 Å². The second-order valence-electron chi connectivity index (χ2n) is 7.65. The monoisotopic (exact) mass is 336 g/mol. The van der Waals surface area contributed by atoms with E-state index in [1.165, 1.54) is 62.5 Å². The summed E-state index contributed by atoms with van der Waals surface area (Å²) in [5.41, 5.74) is 3.86. The van der Waals surface area contributed by atoms with Crippen LogP contribution in [0.2, 0.25) is 0 Å². The van der Waals surface area contributed by atoms with Gasteiger partial charge in [-0.1, -0.05) is 57.4 Å². The molecule has 0 unspecified atom stereocenters. The highest BCUT2D eigenvalue weighted by Gasteiger charge is 2.22. The first kappa shape index (κ1) is 18.1. The van der Waals surface area contributed by atoms with Gasteiger partial charge in [0, 0.05) is 18.0 Å². The van der Waals surface area contributed by atoms with Gasteiger partial charge < -0.3 is 0 Å². The zero-order chi connectivity index (χ0) is 17.5. The average molecular weight is 337 g/mol. The maximum atomic E-state index is 4.66. The number of aromatic nitrogens is 2. The molecule has 0 spiro atoms. The molecule has 0 radical (unpaired) electrons. The van der Waals surface area contributed by atoms with E-state index in [2.05, 4.69) is 60.5 Å². The molecule has 0 N–H and O–H groups in total. The summed E-state index contributed by atoms with van der Waals surface area (Å²) < 4.78 is 0. The molecule has 134 valence electrons. The molecule has 3 rings (SSSR count). The third kappa shape index (κ3) is 4.90. The number of unbranched alkanes of at least 4 members (excludes halogenated alkanes) is 1. The van der Waals surface area contributed by atoms with E-state index < -0.39 is 0 Å². The van der Waals surface area contributed by atoms with Gasteiger partial charge in [0.15, 0.2) is 5.82 Å². The molecule has 0 saturated heterocycles. The molecule has 1 aliphatic carbocycles. The molecule has 25 heavy (non-hydrogen) atoms. The van der Waals surface area contributed by atoms with E-state index in [9.17, 15) is 0 Å². The summed E-state index contributed by atoms with van der Waals surface area (Å²) in [6.45, 7) is 4.54. The Labute approximate surface area is 153 Å². The molecule has 0 aliphatic heterocycles. The molecule has 1 saturated carbocycles. The van der Waals surface area contributed by atoms with Gasteiger partial charge in [-0.25, -0.2) is 9.97 Å². The summed E-state index contributed by atoms with van der Waals surface area (Å²) in [6.07, 6.45) is 15.9. The minimum absolute atomic E-state index is 0.665. The number of rotatable bonds is 7. The standard InChI is InChI=1S/C23H32N2/c1-3-5-7-19-10-14-21(15-11-19)23-24-16-22(17-25-23)20-12-8-18(6-4-2)9-13-20/h10-11,14-18,20H,3-9,12-13H2,1-2H3/t18-,20-. The quantitative estimate of drug-likeness (QED) is 0.572. The molecule has 0 bridgehead atoms. The SMILES string of the molecule is CCCCc1ccc(-c2ncc([C@H]3CC[C@H](CCC)CC3)cn2)cc1. The first-order valence-electron chi connectivity index (χ1n) is 10.2. The minimum Gasteiger partial charge on any atom is -0.236 e. The van der Waals surface area contributed by atoms with Crippen LogP contribution in [0.25, 0.3) is 11.4 Å². The van der Waals surface area contributed by atoms with Crippen LogP contribution in [0.5, 0.6) is 0 Å². The highest BCUT2D eigenvalue weighted by Crippen LogP contribution is 2.37. The van der Waals surface area contributed by atoms with Crippen molar-refractivity contribution in [1.82, 2.24) is 9.97 Å². The van der Waals surface area contributed by atoms with E-state index in [0.717, 1.165) is 23.7 Å². The third-order valence-electron chi connectivity index (χ3n) is 5.72. The fourth-order valence-electron chi connectivity index (χ4n) is 4.09. The van der Waals surface area contributed by atoms with Gasteiger partial charge in [-0.15, -0.1) is 0 Å². The van der Waals surface area contributed by atoms with Crippen molar-refractivity contribution in [3.05, 3.63) is 47.8 Å². The maximum Gasteiger partial charge on any atom is 0.159 e. The molecule has 0 amide bonds. The zero-order valence-electron chi connectivity index (χ0n) is 15.9. The molecule has 0 atom stereocenters. The van der Waals surface area contributed by atoms with Crippen LogP contribution in [0.15, 0.2) is 36.7 Å². The van der Waals surface area contributed by atoms with E-state index in [1.807, 2.05) is 0 Å². The first-order valence-corrected chi connectivity index (χ1v) is 10.2. The van der Waals surface area contributed by atoms with Crippen molar-refractivity contribution >= 4 is 0 Å². The van der Waals surface area contributed by atoms with Gasteiger partial charge in [0.2, 0.25) is 0 Å². The Morgan fingerprint density at radius 3 is 2.16 bits per heavy atom. The molecule has 2 nitrogen and oxygen atoms in total. The molecule has 1 aliphatic rings. The summed E-state index contributed by atoms with van der Waals surface area (Å²) in [6, 6.07) is 8.76. The molecule has 2 aromatic rings. The van der Waals surface area contributed by atoms with Crippen molar-refractivity contribution in [2.75, 3.05) is 0 Å². The maximum absolute atomic E-state index is 4.66. The van der Waals surface area contributed by atoms with E-state index >= 15 is 0 Å². The Bertz CT molecular complexity index is 622. The smallest absolute Gasteiger partial charge is 0.159 e. The lowest BCUT2D eigenvalue weighted by molar-refractivity contribution is 0.308. The van der Waals surface area contributed by atoms with E-state index in [-0.39, 0.29) is 0 Å². The van der Waals surface area contributed by atoms with Crippen LogP contribution < -0.4 is 0 Å². The van der Waals surface area contributed by atoms with Crippen molar-refractivity contribution in [2.45, 2.75) is 77.6 Å². The summed E-state index contributed by atoms with van der Waals surface area (Å²) >= 11 is 0. The highest BCUT2D eigenvalue weighted by molar-refractivity contribution is 5.55. The lowest BCUT2D eigenvalue weighted by Crippen LogP contribution is -2.13. The van der Waals surface area contributed by atoms with Gasteiger partial charge in [-0.05, 0) is 61.5 Å². The second-order valence-corrected chi connectivity index (χ2v) is 7.65. The average Bonchev–Trinajstić information content (AvgIpc) is 2.68. The normalized spacial score (nSPS) is 20.6. The number of benzene rings is 1. The van der Waals surface area contributed by atoms with Crippen molar-refractivity contribution in [3.8, 4) is 11.4 Å². The fraction of sp³-hybridized carbons (Fsp3) is 0.565. The predicted octanol–water partition coefficient (Wildman–Crippen LogP) is 6.56. The Morgan fingerprint density at radius 1 is 0.880 bits per heavy atom. The molecule has 1 aromatic heterocycles. The number of hydrogen-bond acceptors (Lipinski definition) is 2. The third-order valence-corrected chi connectivity index (χ3v) is 5.72. The van der Waals surface area contributed by atoms with Crippen LogP contribution in [0.4, 0.5) is 0 Å². The first-order chi connectivity index (χ1) is 12.3. The minimum atomic E-state index is 0.665. The predicted molar refractivity (Wildman–Crippen MR) is 106 cm³/mol. The van der Waals surface area contributed by atoms with Gasteiger partial charge in [0.1, 0.15) is 0 Å². The molecule has 1 aromatic carbocycles. The molecular formula is C23H32N2. The van der Waals surface area contributed by atoms with Crippen LogP contribution in [0.3, 0.4) is 0 Å². The van der Waals surface area contributed by atoms with E-state index in [0.29, 0.717) is 5.92 Å². The lowest BCUT2D eigenvalue weighted by Gasteiger charge is -2.28. The molecule has 1 fully saturated rings. The van der Waals surface area contributed by atoms with Crippen molar-refractivity contribution in [3.63, 3.8) is 0 Å². The number of hydrogen-bond donors (Lipinski definition) is 0. The van der Waals surface area contributed by atoms with Gasteiger partial charge in [-0.2, -0.15) is 0 Å². The van der Waals surface area contributed by atoms with Crippen LogP contribution in [-0.2, 0) is 6.42 Å². The van der Waals surface area contributed by atoms with E-state index in [4.69, 9.17) is 0 Å². The van der Waals surface area contributed by atoms with Crippen LogP contribution >= 0.6 is 0 Å². The van der Waals surface area contributed by atoms with Gasteiger partial charge in [0.25, 0.3) is 0 Å². The summed E-state index contributed by atoms with van der Waals surface area (Å²) in [5, 5.41) is 0.